The molecule has 1 aromatic heterocycles. The number of anilines is 1. The van der Waals surface area contributed by atoms with E-state index in [1.165, 1.54) is 0 Å². The Morgan fingerprint density at radius 3 is 2.71 bits per heavy atom. The van der Waals surface area contributed by atoms with Gasteiger partial charge in [0, 0.05) is 15.7 Å². The van der Waals surface area contributed by atoms with Crippen molar-refractivity contribution in [1.29, 1.82) is 0 Å². The number of halogens is 2. The molecule has 0 bridgehead atoms. The third kappa shape index (κ3) is 3.46. The summed E-state index contributed by atoms with van der Waals surface area (Å²) in [6, 6.07) is 17.7. The zero-order chi connectivity index (χ0) is 14.7. The first-order valence-corrected chi connectivity index (χ1v) is 7.68. The fourth-order valence-corrected chi connectivity index (χ4v) is 2.56. The van der Waals surface area contributed by atoms with Crippen LogP contribution in [0.3, 0.4) is 0 Å². The summed E-state index contributed by atoms with van der Waals surface area (Å²) in [5.74, 6) is 0. The average molecular weight is 363 g/mol. The minimum atomic E-state index is 0.638. The maximum Gasteiger partial charge on any atom is 0.0819 e. The minimum absolute atomic E-state index is 0.638. The van der Waals surface area contributed by atoms with Crippen molar-refractivity contribution < 1.29 is 0 Å². The summed E-state index contributed by atoms with van der Waals surface area (Å²) < 4.78 is 2.85. The number of hydrogen-bond acceptors (Lipinski definition) is 2. The topological polar surface area (TPSA) is 29.9 Å². The van der Waals surface area contributed by atoms with Gasteiger partial charge in [-0.2, -0.15) is 5.10 Å². The monoisotopic (exact) mass is 361 g/mol. The lowest BCUT2D eigenvalue weighted by atomic mass is 10.3. The van der Waals surface area contributed by atoms with Gasteiger partial charge in [-0.25, -0.2) is 4.68 Å². The molecule has 0 fully saturated rings. The van der Waals surface area contributed by atoms with E-state index < -0.39 is 0 Å². The van der Waals surface area contributed by atoms with E-state index in [1.54, 1.807) is 0 Å². The molecule has 1 N–H and O–H groups in total. The largest absolute Gasteiger partial charge is 0.378 e. The van der Waals surface area contributed by atoms with Crippen LogP contribution in [0.4, 0.5) is 5.69 Å². The average Bonchev–Trinajstić information content (AvgIpc) is 2.98. The SMILES string of the molecule is Clc1ccc(Br)c(NCc2ccn(-c3ccccc3)n2)c1. The van der Waals surface area contributed by atoms with Crippen LogP contribution in [-0.2, 0) is 6.54 Å². The molecule has 0 saturated carbocycles. The molecular formula is C16H13BrClN3. The molecule has 0 radical (unpaired) electrons. The Labute approximate surface area is 136 Å². The first-order valence-electron chi connectivity index (χ1n) is 6.51. The van der Waals surface area contributed by atoms with Crippen LogP contribution in [0.1, 0.15) is 5.69 Å². The molecular weight excluding hydrogens is 350 g/mol. The highest BCUT2D eigenvalue weighted by atomic mass is 79.9. The summed E-state index contributed by atoms with van der Waals surface area (Å²) in [6.45, 7) is 0.638. The summed E-state index contributed by atoms with van der Waals surface area (Å²) in [6.07, 6.45) is 1.96. The van der Waals surface area contributed by atoms with E-state index >= 15 is 0 Å². The second kappa shape index (κ2) is 6.33. The number of nitrogens with zero attached hydrogens (tertiary/aromatic N) is 2. The fourth-order valence-electron chi connectivity index (χ4n) is 2.00. The molecule has 0 aliphatic carbocycles. The summed E-state index contributed by atoms with van der Waals surface area (Å²) in [7, 11) is 0. The lowest BCUT2D eigenvalue weighted by molar-refractivity contribution is 0.844. The number of hydrogen-bond donors (Lipinski definition) is 1. The van der Waals surface area contributed by atoms with Crippen LogP contribution in [0.15, 0.2) is 65.3 Å². The maximum atomic E-state index is 6.00. The molecule has 5 heteroatoms. The van der Waals surface area contributed by atoms with E-state index in [-0.39, 0.29) is 0 Å². The molecule has 0 aliphatic rings. The molecule has 0 aliphatic heterocycles. The molecule has 106 valence electrons. The summed E-state index contributed by atoms with van der Waals surface area (Å²) in [5, 5.41) is 8.59. The first-order chi connectivity index (χ1) is 10.2. The van der Waals surface area contributed by atoms with Crippen molar-refractivity contribution in [3.05, 3.63) is 76.0 Å². The van der Waals surface area contributed by atoms with Crippen LogP contribution in [0, 0.1) is 0 Å². The Kier molecular flexibility index (Phi) is 4.27. The van der Waals surface area contributed by atoms with Gasteiger partial charge >= 0.3 is 0 Å². The quantitative estimate of drug-likeness (QED) is 0.715. The van der Waals surface area contributed by atoms with Crippen molar-refractivity contribution >= 4 is 33.2 Å². The standard InChI is InChI=1S/C16H13BrClN3/c17-15-7-6-12(18)10-16(15)19-11-13-8-9-21(20-13)14-4-2-1-3-5-14/h1-10,19H,11H2. The summed E-state index contributed by atoms with van der Waals surface area (Å²) in [5.41, 5.74) is 2.97. The lowest BCUT2D eigenvalue weighted by Gasteiger charge is -2.07. The van der Waals surface area contributed by atoms with Crippen LogP contribution in [-0.4, -0.2) is 9.78 Å². The molecule has 2 aromatic carbocycles. The number of aromatic nitrogens is 2. The van der Waals surface area contributed by atoms with Crippen LogP contribution in [0.5, 0.6) is 0 Å². The van der Waals surface area contributed by atoms with Gasteiger partial charge in [0.1, 0.15) is 0 Å². The Morgan fingerprint density at radius 1 is 1.10 bits per heavy atom. The van der Waals surface area contributed by atoms with Gasteiger partial charge in [0.05, 0.1) is 23.6 Å². The van der Waals surface area contributed by atoms with E-state index in [1.807, 2.05) is 65.5 Å². The molecule has 0 unspecified atom stereocenters. The predicted octanol–water partition coefficient (Wildman–Crippen LogP) is 4.90. The highest BCUT2D eigenvalue weighted by Gasteiger charge is 2.03. The molecule has 3 nitrogen and oxygen atoms in total. The van der Waals surface area contributed by atoms with E-state index in [0.29, 0.717) is 11.6 Å². The van der Waals surface area contributed by atoms with Gasteiger partial charge in [-0.1, -0.05) is 29.8 Å². The number of nitrogens with one attached hydrogen (secondary N) is 1. The Hall–Kier alpha value is -1.78. The third-order valence-electron chi connectivity index (χ3n) is 3.05. The lowest BCUT2D eigenvalue weighted by Crippen LogP contribution is -2.02. The summed E-state index contributed by atoms with van der Waals surface area (Å²) >= 11 is 9.50. The van der Waals surface area contributed by atoms with Gasteiger partial charge in [-0.3, -0.25) is 0 Å². The molecule has 0 spiro atoms. The van der Waals surface area contributed by atoms with Crippen LogP contribution >= 0.6 is 27.5 Å². The molecule has 0 amide bonds. The van der Waals surface area contributed by atoms with E-state index in [0.717, 1.165) is 21.5 Å². The number of para-hydroxylation sites is 1. The van der Waals surface area contributed by atoms with Gasteiger partial charge in [0.2, 0.25) is 0 Å². The molecule has 3 aromatic rings. The smallest absolute Gasteiger partial charge is 0.0819 e. The van der Waals surface area contributed by atoms with E-state index in [2.05, 4.69) is 26.3 Å². The van der Waals surface area contributed by atoms with Gasteiger partial charge in [-0.05, 0) is 52.3 Å². The molecule has 3 rings (SSSR count). The molecule has 0 saturated heterocycles. The zero-order valence-corrected chi connectivity index (χ0v) is 13.5. The second-order valence-electron chi connectivity index (χ2n) is 4.56. The zero-order valence-electron chi connectivity index (χ0n) is 11.1. The summed E-state index contributed by atoms with van der Waals surface area (Å²) in [4.78, 5) is 0. The van der Waals surface area contributed by atoms with E-state index in [4.69, 9.17) is 11.6 Å². The Balaban J connectivity index is 1.72. The number of rotatable bonds is 4. The maximum absolute atomic E-state index is 6.00. The van der Waals surface area contributed by atoms with Gasteiger partial charge in [0.15, 0.2) is 0 Å². The Bertz CT molecular complexity index is 740. The van der Waals surface area contributed by atoms with Crippen molar-refractivity contribution in [2.75, 3.05) is 5.32 Å². The molecule has 0 atom stereocenters. The van der Waals surface area contributed by atoms with Crippen molar-refractivity contribution in [1.82, 2.24) is 9.78 Å². The van der Waals surface area contributed by atoms with Crippen molar-refractivity contribution in [2.45, 2.75) is 6.54 Å². The van der Waals surface area contributed by atoms with Gasteiger partial charge < -0.3 is 5.32 Å². The highest BCUT2D eigenvalue weighted by Crippen LogP contribution is 2.26. The third-order valence-corrected chi connectivity index (χ3v) is 3.98. The van der Waals surface area contributed by atoms with Gasteiger partial charge in [0.25, 0.3) is 0 Å². The van der Waals surface area contributed by atoms with Crippen molar-refractivity contribution in [3.63, 3.8) is 0 Å². The molecule has 1 heterocycles. The van der Waals surface area contributed by atoms with Crippen molar-refractivity contribution in [3.8, 4) is 5.69 Å². The van der Waals surface area contributed by atoms with Crippen LogP contribution in [0.2, 0.25) is 5.02 Å². The molecule has 21 heavy (non-hydrogen) atoms. The second-order valence-corrected chi connectivity index (χ2v) is 5.86. The highest BCUT2D eigenvalue weighted by molar-refractivity contribution is 9.10. The van der Waals surface area contributed by atoms with Crippen molar-refractivity contribution in [2.24, 2.45) is 0 Å². The first kappa shape index (κ1) is 14.2. The van der Waals surface area contributed by atoms with Crippen LogP contribution in [0.25, 0.3) is 5.69 Å². The van der Waals surface area contributed by atoms with Gasteiger partial charge in [-0.15, -0.1) is 0 Å². The number of benzene rings is 2. The normalized spacial score (nSPS) is 10.6. The predicted molar refractivity (Wildman–Crippen MR) is 90.0 cm³/mol. The van der Waals surface area contributed by atoms with E-state index in [9.17, 15) is 0 Å². The van der Waals surface area contributed by atoms with Crippen LogP contribution < -0.4 is 5.32 Å². The fraction of sp³-hybridized carbons (Fsp3) is 0.0625. The minimum Gasteiger partial charge on any atom is -0.378 e. The Morgan fingerprint density at radius 2 is 1.90 bits per heavy atom.